The zero-order valence-corrected chi connectivity index (χ0v) is 42.3. The number of carbonyl (C=O) groups excluding carboxylic acids is 4. The number of nitrogens with one attached hydrogen (secondary N) is 2. The Labute approximate surface area is 418 Å². The first-order chi connectivity index (χ1) is 34.3. The normalized spacial score (nSPS) is 18.4. The summed E-state index contributed by atoms with van der Waals surface area (Å²) in [4.78, 5) is 79.5. The van der Waals surface area contributed by atoms with Crippen LogP contribution in [0.15, 0.2) is 95.2 Å². The minimum absolute atomic E-state index is 0.0405. The molecule has 0 spiro atoms. The van der Waals surface area contributed by atoms with Crippen molar-refractivity contribution in [2.24, 2.45) is 9.98 Å². The fourth-order valence-corrected chi connectivity index (χ4v) is 12.1. The third-order valence-corrected chi connectivity index (χ3v) is 15.8. The zero-order valence-electron chi connectivity index (χ0n) is 39.4. The molecule has 18 nitrogen and oxygen atoms in total. The third-order valence-electron chi connectivity index (χ3n) is 13.0. The predicted molar refractivity (Wildman–Crippen MR) is 260 cm³/mol. The van der Waals surface area contributed by atoms with Crippen molar-refractivity contribution in [1.82, 2.24) is 20.0 Å². The first-order valence-electron chi connectivity index (χ1n) is 23.1. The van der Waals surface area contributed by atoms with Gasteiger partial charge in [0.25, 0.3) is 5.91 Å². The van der Waals surface area contributed by atoms with Crippen molar-refractivity contribution >= 4 is 70.1 Å². The van der Waals surface area contributed by atoms with Crippen LogP contribution < -0.4 is 28.1 Å². The number of carboxylic acid groups (broad SMARTS) is 1. The summed E-state index contributed by atoms with van der Waals surface area (Å²) in [6.45, 7) is 0.943. The van der Waals surface area contributed by atoms with E-state index in [4.69, 9.17) is 29.0 Å². The summed E-state index contributed by atoms with van der Waals surface area (Å²) in [5.41, 5.74) is 5.99. The maximum atomic E-state index is 14.0. The smallest absolute Gasteiger partial charge is 0.0791 e. The molecule has 1 fully saturated rings. The second kappa shape index (κ2) is 21.1. The number of carbonyl (C=O) groups is 5. The van der Waals surface area contributed by atoms with Crippen LogP contribution in [0.4, 0.5) is 17.1 Å². The Morgan fingerprint density at radius 1 is 0.761 bits per heavy atom. The molecular formula is C52H53N7O11W. The van der Waals surface area contributed by atoms with Crippen molar-refractivity contribution in [3.63, 3.8) is 0 Å². The number of nitrogens with zero attached hydrogens (tertiary/aromatic N) is 5. The number of methoxy groups -OCH3 is 2. The number of carboxylic acids is 1. The molecule has 4 aromatic rings. The van der Waals surface area contributed by atoms with Gasteiger partial charge in [-0.25, -0.2) is 0 Å². The Kier molecular flexibility index (Phi) is 14.5. The van der Waals surface area contributed by atoms with E-state index in [2.05, 4.69) is 14.2 Å². The van der Waals surface area contributed by atoms with E-state index in [9.17, 15) is 29.1 Å². The van der Waals surface area contributed by atoms with Gasteiger partial charge in [0.15, 0.2) is 5.75 Å². The molecule has 5 aliphatic rings. The standard InChI is InChI=1S/C42H38N5O7.C10H15N2O4.W/c1-51-33-10-6-26(7-11-33)28-15-31-20-44-36-18-38(29(24-48)16-34(36)41(49)46(31)23-28)53-12-3-13-54-40-19-37-35(17-39(40)52-2)42(50)47-22-27(14-32(47)21-45-37)25-4-8-30(43)9-5-25;1-7(13)10(5-12(2)6-10)11-8(14)3-4-9(15)16;/h4-11,16-23,31-32,43,48H,3,12-15,24H2,1-2H3;1,3-6H2,2H3,(H,11,14)(H,15,16);/q-1;;+1/t31-,32-;;/m0../s1. The number of Topliss-reactive ketones (excluding diaryl/α,β-unsaturated/α-hetero) is 1. The minimum atomic E-state index is -1.38. The maximum Gasteiger partial charge on any atom is 0.0791 e. The molecule has 368 valence electrons. The average Bonchev–Trinajstić information content (AvgIpc) is 3.95. The number of hydrogen-bond donors (Lipinski definition) is 4. The number of anilines is 1. The van der Waals surface area contributed by atoms with Gasteiger partial charge < -0.3 is 29.0 Å². The number of aliphatic carboxylic acids is 1. The quantitative estimate of drug-likeness (QED) is 0.0742. The number of fused-ring (bicyclic) bond motifs is 4. The van der Waals surface area contributed by atoms with E-state index >= 15 is 0 Å². The minimum Gasteiger partial charge on any atom is -0.258 e. The number of aliphatic hydroxyl groups is 1. The van der Waals surface area contributed by atoms with Crippen molar-refractivity contribution < 1.29 is 71.9 Å². The number of aliphatic hydroxyl groups excluding tert-OH is 1. The monoisotopic (exact) mass is 1140 g/mol. The molecule has 0 unspecified atom stereocenters. The van der Waals surface area contributed by atoms with Crippen LogP contribution in [0.1, 0.15) is 69.5 Å². The molecule has 19 heteroatoms. The molecule has 4 aromatic carbocycles. The van der Waals surface area contributed by atoms with Crippen LogP contribution in [0, 0.1) is 0 Å². The van der Waals surface area contributed by atoms with Crippen LogP contribution in [0.2, 0.25) is 4.81 Å². The Morgan fingerprint density at radius 2 is 1.34 bits per heavy atom. The van der Waals surface area contributed by atoms with Crippen LogP contribution in [0.5, 0.6) is 23.0 Å². The third kappa shape index (κ3) is 10.5. The number of ketones is 1. The fourth-order valence-electron chi connectivity index (χ4n) is 9.25. The van der Waals surface area contributed by atoms with Gasteiger partial charge in [-0.1, -0.05) is 12.1 Å². The van der Waals surface area contributed by atoms with Crippen LogP contribution >= 0.6 is 0 Å². The molecular weight excluding hydrogens is 1080 g/mol. The van der Waals surface area contributed by atoms with Crippen LogP contribution in [0.3, 0.4) is 0 Å². The molecule has 4 N–H and O–H groups in total. The van der Waals surface area contributed by atoms with E-state index in [1.807, 2.05) is 72.9 Å². The number of benzene rings is 4. The SMILES string of the molecule is COc1ccc(C2=CN3C(=O)c4cc(CO)c(OCCCOc5cc6c(cc5OC)C(=O)N5C=C(c7ccc([NH][W][CH2]C(=O)C8(NC(=O)CCC(=O)O)CN(C)C8)cc7)C[C@H]5C=N6)cc4N=C[C@@H]3C2)cc1. The average molecular weight is 1140 g/mol. The van der Waals surface area contributed by atoms with E-state index in [0.29, 0.717) is 82.5 Å². The number of rotatable bonds is 20. The first kappa shape index (κ1) is 48.9. The molecule has 0 aromatic heterocycles. The number of ether oxygens (including phenoxy) is 4. The Hall–Kier alpha value is -7.14. The van der Waals surface area contributed by atoms with E-state index in [1.54, 1.807) is 53.6 Å². The van der Waals surface area contributed by atoms with Gasteiger partial charge in [-0.05, 0) is 29.3 Å². The summed E-state index contributed by atoms with van der Waals surface area (Å²) >= 11 is -1.38. The predicted octanol–water partition coefficient (Wildman–Crippen LogP) is 6.05. The molecule has 5 aliphatic heterocycles. The molecule has 0 aliphatic carbocycles. The van der Waals surface area contributed by atoms with Crippen LogP contribution in [-0.2, 0) is 39.8 Å². The van der Waals surface area contributed by atoms with Crippen molar-refractivity contribution in [3.8, 4) is 23.0 Å². The van der Waals surface area contributed by atoms with Crippen molar-refractivity contribution in [2.75, 3.05) is 51.4 Å². The number of likely N-dealkylation sites (N-methyl/N-ethyl adjacent to an activating group) is 1. The first-order valence-corrected chi connectivity index (χ1v) is 26.7. The van der Waals surface area contributed by atoms with Crippen molar-refractivity contribution in [1.29, 1.82) is 0 Å². The summed E-state index contributed by atoms with van der Waals surface area (Å²) in [7, 11) is 5.00. The summed E-state index contributed by atoms with van der Waals surface area (Å²) in [5, 5.41) is 22.0. The molecule has 0 radical (unpaired) electrons. The molecule has 5 heterocycles. The summed E-state index contributed by atoms with van der Waals surface area (Å²) < 4.78 is 26.7. The number of amides is 3. The van der Waals surface area contributed by atoms with E-state index in [-0.39, 0.29) is 62.3 Å². The van der Waals surface area contributed by atoms with Gasteiger partial charge in [-0.2, -0.15) is 0 Å². The van der Waals surface area contributed by atoms with E-state index < -0.39 is 36.2 Å². The van der Waals surface area contributed by atoms with Crippen LogP contribution in [-0.4, -0.2) is 132 Å². The second-order valence-corrected chi connectivity index (χ2v) is 20.7. The van der Waals surface area contributed by atoms with Crippen LogP contribution in [0.25, 0.3) is 11.1 Å². The molecule has 71 heavy (non-hydrogen) atoms. The fraction of sp³-hybridized carbons (Fsp3) is 0.327. The molecule has 3 amide bonds. The largest absolute Gasteiger partial charge is 0.258 e. The van der Waals surface area contributed by atoms with Crippen molar-refractivity contribution in [2.45, 2.75) is 61.1 Å². The molecule has 9 rings (SSSR count). The number of aliphatic imine (C=N–C) groups is 2. The zero-order chi connectivity index (χ0) is 49.8. The summed E-state index contributed by atoms with van der Waals surface area (Å²) in [6.07, 6.45) is 8.45. The molecule has 0 saturated carbocycles. The van der Waals surface area contributed by atoms with E-state index in [0.717, 1.165) is 33.7 Å². The van der Waals surface area contributed by atoms with Gasteiger partial charge in [0.2, 0.25) is 0 Å². The van der Waals surface area contributed by atoms with E-state index in [1.165, 1.54) is 7.11 Å². The van der Waals surface area contributed by atoms with Gasteiger partial charge in [0.05, 0.1) is 51.3 Å². The number of likely N-dealkylation sites (tertiary alicyclic amines) is 1. The number of hydrogen-bond acceptors (Lipinski definition) is 14. The summed E-state index contributed by atoms with van der Waals surface area (Å²) in [5.74, 6) is 0.0148. The summed E-state index contributed by atoms with van der Waals surface area (Å²) in [6, 6.07) is 21.7. The van der Waals surface area contributed by atoms with Gasteiger partial charge in [0.1, 0.15) is 11.5 Å². The molecule has 1 saturated heterocycles. The van der Waals surface area contributed by atoms with Crippen molar-refractivity contribution in [3.05, 3.63) is 113 Å². The van der Waals surface area contributed by atoms with Gasteiger partial charge >= 0.3 is 229 Å². The van der Waals surface area contributed by atoms with Gasteiger partial charge in [0, 0.05) is 36.9 Å². The maximum absolute atomic E-state index is 14.0. The Morgan fingerprint density at radius 3 is 1.90 bits per heavy atom. The Bertz CT molecular complexity index is 2880. The van der Waals surface area contributed by atoms with Gasteiger partial charge in [-0.3, -0.25) is 9.79 Å². The van der Waals surface area contributed by atoms with Gasteiger partial charge in [-0.15, -0.1) is 0 Å². The molecule has 2 atom stereocenters. The Balaban J connectivity index is 0.772. The topological polar surface area (TPSA) is 221 Å². The molecule has 0 bridgehead atoms. The second-order valence-electron chi connectivity index (χ2n) is 17.9.